The molecule has 0 aromatic carbocycles. The molecular weight excluding hydrogens is 287 g/mol. The number of nitrogens with zero attached hydrogens (tertiary/aromatic N) is 4. The van der Waals surface area contributed by atoms with E-state index >= 15 is 0 Å². The van der Waals surface area contributed by atoms with Gasteiger partial charge in [-0.3, -0.25) is 10.3 Å². The first-order valence-corrected chi connectivity index (χ1v) is 5.97. The van der Waals surface area contributed by atoms with Crippen LogP contribution in [0, 0.1) is 11.5 Å². The topological polar surface area (TPSA) is 98.0 Å². The molecule has 3 N–H and O–H groups in total. The fraction of sp³-hybridized carbons (Fsp3) is 0.455. The van der Waals surface area contributed by atoms with Gasteiger partial charge in [0.25, 0.3) is 0 Å². The number of nitriles is 1. The van der Waals surface area contributed by atoms with Gasteiger partial charge < -0.3 is 10.6 Å². The van der Waals surface area contributed by atoms with Crippen LogP contribution < -0.4 is 16.0 Å². The fourth-order valence-corrected chi connectivity index (χ4v) is 1.34. The lowest BCUT2D eigenvalue weighted by Crippen LogP contribution is -2.35. The zero-order chi connectivity index (χ0) is 15.7. The molecule has 0 aliphatic carbocycles. The minimum atomic E-state index is -4.56. The normalized spacial score (nSPS) is 11.7. The highest BCUT2D eigenvalue weighted by atomic mass is 19.4. The van der Waals surface area contributed by atoms with Crippen molar-refractivity contribution in [2.24, 2.45) is 4.99 Å². The van der Waals surface area contributed by atoms with E-state index in [-0.39, 0.29) is 5.82 Å². The summed E-state index contributed by atoms with van der Waals surface area (Å²) in [6.07, 6.45) is -1.19. The van der Waals surface area contributed by atoms with E-state index in [1.165, 1.54) is 13.1 Å². The monoisotopic (exact) mass is 301 g/mol. The van der Waals surface area contributed by atoms with Crippen LogP contribution >= 0.6 is 0 Å². The van der Waals surface area contributed by atoms with Gasteiger partial charge in [0, 0.05) is 26.3 Å². The molecule has 0 aliphatic rings. The van der Waals surface area contributed by atoms with Gasteiger partial charge in [0.2, 0.25) is 11.8 Å². The highest BCUT2D eigenvalue weighted by Gasteiger charge is 2.34. The van der Waals surface area contributed by atoms with Crippen LogP contribution in [0.15, 0.2) is 17.3 Å². The van der Waals surface area contributed by atoms with Crippen molar-refractivity contribution in [3.63, 3.8) is 0 Å². The van der Waals surface area contributed by atoms with E-state index in [2.05, 4.69) is 30.9 Å². The lowest BCUT2D eigenvalue weighted by atomic mass is 10.4. The summed E-state index contributed by atoms with van der Waals surface area (Å²) in [4.78, 5) is 10.3. The van der Waals surface area contributed by atoms with Gasteiger partial charge >= 0.3 is 6.18 Å². The minimum absolute atomic E-state index is 0.108. The molecule has 1 aromatic rings. The SMILES string of the molecule is CN=C(NC#N)NCCCNc1ccnc(C(F)(F)F)n1. The second-order valence-corrected chi connectivity index (χ2v) is 3.78. The van der Waals surface area contributed by atoms with Crippen molar-refractivity contribution in [2.45, 2.75) is 12.6 Å². The van der Waals surface area contributed by atoms with E-state index < -0.39 is 12.0 Å². The quantitative estimate of drug-likeness (QED) is 0.246. The second kappa shape index (κ2) is 7.88. The van der Waals surface area contributed by atoms with E-state index in [0.29, 0.717) is 25.5 Å². The zero-order valence-electron chi connectivity index (χ0n) is 11.2. The molecule has 1 aromatic heterocycles. The number of guanidine groups is 1. The molecule has 0 radical (unpaired) electrons. The van der Waals surface area contributed by atoms with E-state index in [1.54, 1.807) is 6.19 Å². The number of hydrogen-bond acceptors (Lipinski definition) is 5. The van der Waals surface area contributed by atoms with E-state index in [1.807, 2.05) is 0 Å². The van der Waals surface area contributed by atoms with E-state index in [4.69, 9.17) is 5.26 Å². The average molecular weight is 301 g/mol. The Morgan fingerprint density at radius 1 is 1.43 bits per heavy atom. The number of aliphatic imine (C=N–C) groups is 1. The predicted octanol–water partition coefficient (Wildman–Crippen LogP) is 0.943. The first-order valence-electron chi connectivity index (χ1n) is 5.97. The molecular formula is C11H14F3N7. The van der Waals surface area contributed by atoms with Crippen LogP contribution in [0.25, 0.3) is 0 Å². The molecule has 114 valence electrons. The number of hydrogen-bond donors (Lipinski definition) is 3. The number of aromatic nitrogens is 2. The average Bonchev–Trinajstić information content (AvgIpc) is 2.45. The van der Waals surface area contributed by atoms with Crippen LogP contribution in [0.4, 0.5) is 19.0 Å². The first kappa shape index (κ1) is 16.5. The molecule has 21 heavy (non-hydrogen) atoms. The summed E-state index contributed by atoms with van der Waals surface area (Å²) in [6, 6.07) is 1.36. The standard InChI is InChI=1S/C11H14F3N7/c1-16-10(20-7-15)19-5-2-4-17-8-3-6-18-9(21-8)11(12,13)14/h3,6H,2,4-5H2,1H3,(H2,16,19,20)(H,17,18,21). The largest absolute Gasteiger partial charge is 0.451 e. The Morgan fingerprint density at radius 2 is 2.19 bits per heavy atom. The van der Waals surface area contributed by atoms with Gasteiger partial charge in [-0.15, -0.1) is 0 Å². The third-order valence-corrected chi connectivity index (χ3v) is 2.26. The molecule has 0 spiro atoms. The molecule has 7 nitrogen and oxygen atoms in total. The Balaban J connectivity index is 2.35. The molecule has 1 rings (SSSR count). The van der Waals surface area contributed by atoms with Crippen LogP contribution in [-0.4, -0.2) is 36.1 Å². The molecule has 0 unspecified atom stereocenters. The number of nitrogens with one attached hydrogen (secondary N) is 3. The lowest BCUT2D eigenvalue weighted by Gasteiger charge is -2.09. The predicted molar refractivity (Wildman–Crippen MR) is 70.3 cm³/mol. The fourth-order valence-electron chi connectivity index (χ4n) is 1.34. The van der Waals surface area contributed by atoms with Gasteiger partial charge in [0.1, 0.15) is 5.82 Å². The molecule has 0 amide bonds. The number of halogens is 3. The van der Waals surface area contributed by atoms with Crippen LogP contribution in [0.2, 0.25) is 0 Å². The van der Waals surface area contributed by atoms with Gasteiger partial charge in [-0.2, -0.15) is 18.4 Å². The summed E-state index contributed by atoms with van der Waals surface area (Å²) < 4.78 is 37.2. The maximum absolute atomic E-state index is 12.4. The van der Waals surface area contributed by atoms with Crippen molar-refractivity contribution in [3.8, 4) is 6.19 Å². The summed E-state index contributed by atoms with van der Waals surface area (Å²) in [5.74, 6) is -0.736. The Morgan fingerprint density at radius 3 is 2.81 bits per heavy atom. The molecule has 1 heterocycles. The molecule has 0 atom stereocenters. The highest BCUT2D eigenvalue weighted by Crippen LogP contribution is 2.26. The van der Waals surface area contributed by atoms with Gasteiger partial charge in [0.05, 0.1) is 0 Å². The highest BCUT2D eigenvalue weighted by molar-refractivity contribution is 5.80. The van der Waals surface area contributed by atoms with Crippen LogP contribution in [0.5, 0.6) is 0 Å². The third kappa shape index (κ3) is 5.94. The lowest BCUT2D eigenvalue weighted by molar-refractivity contribution is -0.144. The van der Waals surface area contributed by atoms with Crippen molar-refractivity contribution in [1.82, 2.24) is 20.6 Å². The van der Waals surface area contributed by atoms with Crippen molar-refractivity contribution in [3.05, 3.63) is 18.1 Å². The summed E-state index contributed by atoms with van der Waals surface area (Å²) >= 11 is 0. The maximum atomic E-state index is 12.4. The van der Waals surface area contributed by atoms with Crippen LogP contribution in [0.1, 0.15) is 12.2 Å². The molecule has 0 fully saturated rings. The molecule has 0 saturated carbocycles. The smallest absolute Gasteiger partial charge is 0.370 e. The zero-order valence-corrected chi connectivity index (χ0v) is 11.2. The van der Waals surface area contributed by atoms with Crippen molar-refractivity contribution >= 4 is 11.8 Å². The molecule has 10 heteroatoms. The second-order valence-electron chi connectivity index (χ2n) is 3.78. The van der Waals surface area contributed by atoms with Gasteiger partial charge in [-0.1, -0.05) is 0 Å². The molecule has 0 aliphatic heterocycles. The summed E-state index contributed by atoms with van der Waals surface area (Å²) in [5.41, 5.74) is 0. The van der Waals surface area contributed by atoms with Gasteiger partial charge in [-0.25, -0.2) is 9.97 Å². The number of rotatable bonds is 5. The minimum Gasteiger partial charge on any atom is -0.370 e. The Labute approximate surface area is 119 Å². The summed E-state index contributed by atoms with van der Waals surface area (Å²) in [5, 5.41) is 16.4. The third-order valence-electron chi connectivity index (χ3n) is 2.26. The van der Waals surface area contributed by atoms with Crippen molar-refractivity contribution in [2.75, 3.05) is 25.5 Å². The summed E-state index contributed by atoms with van der Waals surface area (Å²) in [6.45, 7) is 0.899. The molecule has 0 saturated heterocycles. The number of alkyl halides is 3. The number of anilines is 1. The van der Waals surface area contributed by atoms with Crippen LogP contribution in [-0.2, 0) is 6.18 Å². The Bertz CT molecular complexity index is 521. The first-order chi connectivity index (χ1) is 9.97. The summed E-state index contributed by atoms with van der Waals surface area (Å²) in [7, 11) is 1.52. The van der Waals surface area contributed by atoms with Crippen molar-refractivity contribution in [1.29, 1.82) is 5.26 Å². The van der Waals surface area contributed by atoms with E-state index in [9.17, 15) is 13.2 Å². The Hall–Kier alpha value is -2.57. The molecule has 0 bridgehead atoms. The maximum Gasteiger partial charge on any atom is 0.451 e. The van der Waals surface area contributed by atoms with Gasteiger partial charge in [0.15, 0.2) is 6.19 Å². The van der Waals surface area contributed by atoms with Crippen LogP contribution in [0.3, 0.4) is 0 Å². The van der Waals surface area contributed by atoms with Crippen molar-refractivity contribution < 1.29 is 13.2 Å². The van der Waals surface area contributed by atoms with Gasteiger partial charge in [-0.05, 0) is 12.5 Å². The van der Waals surface area contributed by atoms with E-state index in [0.717, 1.165) is 6.20 Å². The Kier molecular flexibility index (Phi) is 6.19.